The highest BCUT2D eigenvalue weighted by Gasteiger charge is 2.57. The summed E-state index contributed by atoms with van der Waals surface area (Å²) in [6.07, 6.45) is 6.95. The van der Waals surface area contributed by atoms with Gasteiger partial charge >= 0.3 is 5.97 Å². The first-order valence-electron chi connectivity index (χ1n) is 15.9. The third-order valence-electron chi connectivity index (χ3n) is 11.9. The second-order valence-corrected chi connectivity index (χ2v) is 15.0. The smallest absolute Gasteiger partial charge is 0.335 e. The molecule has 1 aliphatic heterocycles. The molecule has 0 amide bonds. The third kappa shape index (κ3) is 5.69. The van der Waals surface area contributed by atoms with E-state index in [0.717, 1.165) is 25.7 Å². The Morgan fingerprint density at radius 3 is 2.46 bits per heavy atom. The van der Waals surface area contributed by atoms with E-state index in [2.05, 4.69) is 32.9 Å². The summed E-state index contributed by atoms with van der Waals surface area (Å²) in [5.41, 5.74) is 2.74. The minimum Gasteiger partial charge on any atom is -0.479 e. The van der Waals surface area contributed by atoms with Gasteiger partial charge in [0.25, 0.3) is 0 Å². The Bertz CT molecular complexity index is 1050. The van der Waals surface area contributed by atoms with Crippen LogP contribution in [0.15, 0.2) is 23.3 Å². The number of aliphatic carboxylic acids is 1. The highest BCUT2D eigenvalue weighted by atomic mass is 16.7. The summed E-state index contributed by atoms with van der Waals surface area (Å²) >= 11 is 0. The van der Waals surface area contributed by atoms with Crippen molar-refractivity contribution >= 4 is 5.97 Å². The average Bonchev–Trinajstić information content (AvgIpc) is 3.25. The zero-order chi connectivity index (χ0) is 29.9. The van der Waals surface area contributed by atoms with Gasteiger partial charge < -0.3 is 35.0 Å². The Balaban J connectivity index is 1.27. The lowest BCUT2D eigenvalue weighted by Gasteiger charge is -2.55. The fourth-order valence-electron chi connectivity index (χ4n) is 9.47. The lowest BCUT2D eigenvalue weighted by atomic mass is 9.50. The van der Waals surface area contributed by atoms with Crippen molar-refractivity contribution in [2.75, 3.05) is 0 Å². The molecule has 8 nitrogen and oxygen atoms in total. The number of ether oxygens (including phenoxy) is 2. The van der Waals surface area contributed by atoms with E-state index in [9.17, 15) is 30.3 Å². The third-order valence-corrected chi connectivity index (χ3v) is 11.9. The SMILES string of the molecule is C[C@H](CCCC(C)(C)O)C1CC[C@H]2C3=CC=C4C[C@@H](O[C@@H]5O[C@H](C(=O)O)[C@@H](O)[C@H](O)[C@H]5O)CC[C@]4(C)[C@@H]3CC[C@]12C. The van der Waals surface area contributed by atoms with Gasteiger partial charge in [0.05, 0.1) is 11.7 Å². The lowest BCUT2D eigenvalue weighted by Crippen LogP contribution is -2.61. The highest BCUT2D eigenvalue weighted by molar-refractivity contribution is 5.73. The molecule has 4 fully saturated rings. The molecule has 12 atom stereocenters. The number of hydrogen-bond donors (Lipinski definition) is 5. The molecule has 5 rings (SSSR count). The first-order chi connectivity index (χ1) is 19.2. The number of aliphatic hydroxyl groups excluding tert-OH is 3. The maximum Gasteiger partial charge on any atom is 0.335 e. The summed E-state index contributed by atoms with van der Waals surface area (Å²) in [7, 11) is 0. The van der Waals surface area contributed by atoms with E-state index in [1.54, 1.807) is 5.57 Å². The minimum absolute atomic E-state index is 0.0486. The van der Waals surface area contributed by atoms with Gasteiger partial charge in [-0.25, -0.2) is 4.79 Å². The first kappa shape index (κ1) is 31.1. The molecule has 4 aliphatic carbocycles. The number of carboxylic acid groups (broad SMARTS) is 1. The molecular formula is C33H52O8. The number of allylic oxidation sites excluding steroid dienone is 3. The average molecular weight is 577 g/mol. The molecule has 232 valence electrons. The summed E-state index contributed by atoms with van der Waals surface area (Å²) in [6, 6.07) is 0. The summed E-state index contributed by atoms with van der Waals surface area (Å²) in [6.45, 7) is 11.2. The molecule has 8 heteroatoms. The van der Waals surface area contributed by atoms with Gasteiger partial charge in [0.15, 0.2) is 12.4 Å². The van der Waals surface area contributed by atoms with Crippen LogP contribution in [-0.2, 0) is 14.3 Å². The quantitative estimate of drug-likeness (QED) is 0.288. The van der Waals surface area contributed by atoms with Crippen LogP contribution >= 0.6 is 0 Å². The van der Waals surface area contributed by atoms with Crippen molar-refractivity contribution in [3.63, 3.8) is 0 Å². The number of rotatable bonds is 8. The van der Waals surface area contributed by atoms with Crippen molar-refractivity contribution in [3.8, 4) is 0 Å². The van der Waals surface area contributed by atoms with Gasteiger partial charge in [-0.05, 0) is 99.7 Å². The molecule has 1 saturated heterocycles. The molecule has 41 heavy (non-hydrogen) atoms. The van der Waals surface area contributed by atoms with E-state index in [0.29, 0.717) is 35.5 Å². The molecule has 1 heterocycles. The Hall–Kier alpha value is -1.29. The molecule has 0 bridgehead atoms. The van der Waals surface area contributed by atoms with E-state index in [4.69, 9.17) is 9.47 Å². The molecule has 1 unspecified atom stereocenters. The monoisotopic (exact) mass is 576 g/mol. The number of fused-ring (bicyclic) bond motifs is 5. The lowest BCUT2D eigenvalue weighted by molar-refractivity contribution is -0.305. The Kier molecular flexibility index (Phi) is 8.60. The van der Waals surface area contributed by atoms with Crippen molar-refractivity contribution < 1.29 is 39.8 Å². The van der Waals surface area contributed by atoms with Crippen molar-refractivity contribution in [2.24, 2.45) is 34.5 Å². The molecule has 0 spiro atoms. The highest BCUT2D eigenvalue weighted by Crippen LogP contribution is 2.66. The van der Waals surface area contributed by atoms with Crippen LogP contribution in [0.2, 0.25) is 0 Å². The van der Waals surface area contributed by atoms with Gasteiger partial charge in [-0.2, -0.15) is 0 Å². The van der Waals surface area contributed by atoms with Crippen LogP contribution in [0.1, 0.15) is 98.8 Å². The number of aliphatic hydroxyl groups is 4. The van der Waals surface area contributed by atoms with Crippen LogP contribution in [0.4, 0.5) is 0 Å². The zero-order valence-electron chi connectivity index (χ0n) is 25.5. The predicted octanol–water partition coefficient (Wildman–Crippen LogP) is 4.34. The molecule has 0 radical (unpaired) electrons. The molecule has 0 aromatic rings. The van der Waals surface area contributed by atoms with Gasteiger partial charge in [-0.1, -0.05) is 56.9 Å². The largest absolute Gasteiger partial charge is 0.479 e. The fourth-order valence-corrected chi connectivity index (χ4v) is 9.47. The second kappa shape index (κ2) is 11.3. The molecule has 0 aromatic heterocycles. The Morgan fingerprint density at radius 1 is 1.05 bits per heavy atom. The molecule has 5 aliphatic rings. The van der Waals surface area contributed by atoms with Crippen LogP contribution in [0.5, 0.6) is 0 Å². The number of carbonyl (C=O) groups is 1. The van der Waals surface area contributed by atoms with Crippen LogP contribution in [0.25, 0.3) is 0 Å². The van der Waals surface area contributed by atoms with E-state index < -0.39 is 42.3 Å². The number of carboxylic acids is 1. The number of hydrogen-bond acceptors (Lipinski definition) is 7. The molecule has 3 saturated carbocycles. The van der Waals surface area contributed by atoms with Crippen molar-refractivity contribution in [2.45, 2.75) is 141 Å². The van der Waals surface area contributed by atoms with Gasteiger partial charge in [0.1, 0.15) is 18.3 Å². The van der Waals surface area contributed by atoms with Crippen LogP contribution in [0, 0.1) is 34.5 Å². The first-order valence-corrected chi connectivity index (χ1v) is 15.9. The van der Waals surface area contributed by atoms with Crippen molar-refractivity contribution in [1.82, 2.24) is 0 Å². The normalized spacial score (nSPS) is 45.1. The maximum atomic E-state index is 11.5. The van der Waals surface area contributed by atoms with Gasteiger partial charge in [-0.15, -0.1) is 0 Å². The van der Waals surface area contributed by atoms with E-state index >= 15 is 0 Å². The molecule has 5 N–H and O–H groups in total. The van der Waals surface area contributed by atoms with E-state index in [1.165, 1.54) is 37.7 Å². The van der Waals surface area contributed by atoms with Crippen LogP contribution < -0.4 is 0 Å². The standard InChI is InChI=1S/C33H52O8/c1-18(7-6-14-31(2,3)39)22-10-11-23-21-9-8-19-17-20(12-15-32(19,4)24(21)13-16-33(22,23)5)40-30-27(36)25(34)26(35)28(41-30)29(37)38/h8-9,18,20,22-28,30,34-36,39H,6-7,10-17H2,1-5H3,(H,37,38)/t18-,20+,22?,23+,24-,25+,26+,27-,28+,30-,32+,33-/m1/s1. The van der Waals surface area contributed by atoms with Gasteiger partial charge in [0.2, 0.25) is 0 Å². The van der Waals surface area contributed by atoms with Crippen LogP contribution in [0.3, 0.4) is 0 Å². The fraction of sp³-hybridized carbons (Fsp3) is 0.848. The van der Waals surface area contributed by atoms with Crippen LogP contribution in [-0.4, -0.2) is 73.9 Å². The summed E-state index contributed by atoms with van der Waals surface area (Å²) in [4.78, 5) is 11.5. The van der Waals surface area contributed by atoms with Gasteiger partial charge in [0, 0.05) is 0 Å². The van der Waals surface area contributed by atoms with Gasteiger partial charge in [-0.3, -0.25) is 0 Å². The predicted molar refractivity (Wildman–Crippen MR) is 154 cm³/mol. The maximum absolute atomic E-state index is 11.5. The minimum atomic E-state index is -1.72. The summed E-state index contributed by atoms with van der Waals surface area (Å²) in [5.74, 6) is 1.08. The summed E-state index contributed by atoms with van der Waals surface area (Å²) in [5, 5.41) is 50.2. The molecular weight excluding hydrogens is 524 g/mol. The summed E-state index contributed by atoms with van der Waals surface area (Å²) < 4.78 is 11.5. The van der Waals surface area contributed by atoms with E-state index in [1.807, 2.05) is 13.8 Å². The zero-order valence-corrected chi connectivity index (χ0v) is 25.5. The second-order valence-electron chi connectivity index (χ2n) is 15.0. The Morgan fingerprint density at radius 2 is 1.78 bits per heavy atom. The Labute approximate surface area is 244 Å². The molecule has 0 aromatic carbocycles. The topological polar surface area (TPSA) is 137 Å². The van der Waals surface area contributed by atoms with Crippen molar-refractivity contribution in [1.29, 1.82) is 0 Å². The van der Waals surface area contributed by atoms with Crippen molar-refractivity contribution in [3.05, 3.63) is 23.3 Å². The van der Waals surface area contributed by atoms with E-state index in [-0.39, 0.29) is 11.5 Å².